The minimum atomic E-state index is -3.10. The van der Waals surface area contributed by atoms with E-state index < -0.39 is 9.84 Å². The number of hydrogen-bond donors (Lipinski definition) is 1. The molecule has 0 bridgehead atoms. The Morgan fingerprint density at radius 3 is 2.36 bits per heavy atom. The van der Waals surface area contributed by atoms with E-state index in [0.29, 0.717) is 29.2 Å². The SMILES string of the molecule is CCC(=O)c1ccc(OCC(=O)Nc2cccc(OCCS(C)(=O)=O)c2)cc1. The van der Waals surface area contributed by atoms with Crippen molar-refractivity contribution in [3.8, 4) is 11.5 Å². The minimum Gasteiger partial charge on any atom is -0.492 e. The molecule has 7 nitrogen and oxygen atoms in total. The zero-order chi connectivity index (χ0) is 20.6. The molecule has 0 radical (unpaired) electrons. The Hall–Kier alpha value is -2.87. The summed E-state index contributed by atoms with van der Waals surface area (Å²) in [6.45, 7) is 1.64. The summed E-state index contributed by atoms with van der Waals surface area (Å²) in [5, 5.41) is 2.68. The highest BCUT2D eigenvalue weighted by atomic mass is 32.2. The van der Waals surface area contributed by atoms with Gasteiger partial charge < -0.3 is 14.8 Å². The molecular weight excluding hydrogens is 382 g/mol. The number of hydrogen-bond acceptors (Lipinski definition) is 6. The molecule has 0 fully saturated rings. The molecule has 0 aliphatic carbocycles. The largest absolute Gasteiger partial charge is 0.492 e. The fraction of sp³-hybridized carbons (Fsp3) is 0.300. The number of Topliss-reactive ketones (excluding diaryl/α,β-unsaturated/α-hetero) is 1. The lowest BCUT2D eigenvalue weighted by molar-refractivity contribution is -0.118. The maximum atomic E-state index is 12.1. The molecule has 0 aromatic heterocycles. The quantitative estimate of drug-likeness (QED) is 0.610. The molecule has 150 valence electrons. The van der Waals surface area contributed by atoms with Crippen LogP contribution in [0.2, 0.25) is 0 Å². The molecular formula is C20H23NO6S. The van der Waals surface area contributed by atoms with Crippen LogP contribution in [0.1, 0.15) is 23.7 Å². The molecule has 28 heavy (non-hydrogen) atoms. The van der Waals surface area contributed by atoms with E-state index >= 15 is 0 Å². The number of carbonyl (C=O) groups is 2. The minimum absolute atomic E-state index is 0.0376. The van der Waals surface area contributed by atoms with Gasteiger partial charge in [0.15, 0.2) is 22.2 Å². The molecule has 0 saturated heterocycles. The Balaban J connectivity index is 1.84. The van der Waals surface area contributed by atoms with E-state index in [0.717, 1.165) is 6.26 Å². The summed E-state index contributed by atoms with van der Waals surface area (Å²) in [4.78, 5) is 23.6. The van der Waals surface area contributed by atoms with E-state index in [-0.39, 0.29) is 30.7 Å². The van der Waals surface area contributed by atoms with Gasteiger partial charge in [0.05, 0.1) is 5.75 Å². The number of sulfone groups is 1. The molecule has 0 aliphatic rings. The van der Waals surface area contributed by atoms with Crippen LogP contribution in [0.15, 0.2) is 48.5 Å². The van der Waals surface area contributed by atoms with Gasteiger partial charge in [-0.3, -0.25) is 9.59 Å². The lowest BCUT2D eigenvalue weighted by atomic mass is 10.1. The Morgan fingerprint density at radius 1 is 1.00 bits per heavy atom. The summed E-state index contributed by atoms with van der Waals surface area (Å²) in [6, 6.07) is 13.3. The standard InChI is InChI=1S/C20H23NO6S/c1-3-19(22)15-7-9-17(10-8-15)27-14-20(23)21-16-5-4-6-18(13-16)26-11-12-28(2,24)25/h4-10,13H,3,11-12,14H2,1-2H3,(H,21,23). The second kappa shape index (κ2) is 9.89. The number of benzene rings is 2. The predicted molar refractivity (Wildman–Crippen MR) is 107 cm³/mol. The highest BCUT2D eigenvalue weighted by molar-refractivity contribution is 7.90. The number of ether oxygens (including phenoxy) is 2. The Morgan fingerprint density at radius 2 is 1.71 bits per heavy atom. The second-order valence-electron chi connectivity index (χ2n) is 6.14. The fourth-order valence-electron chi connectivity index (χ4n) is 2.26. The molecule has 1 N–H and O–H groups in total. The first kappa shape index (κ1) is 21.4. The first-order chi connectivity index (χ1) is 13.3. The highest BCUT2D eigenvalue weighted by Crippen LogP contribution is 2.18. The third-order valence-electron chi connectivity index (χ3n) is 3.71. The van der Waals surface area contributed by atoms with Gasteiger partial charge in [0.25, 0.3) is 5.91 Å². The van der Waals surface area contributed by atoms with Crippen LogP contribution in [0, 0.1) is 0 Å². The van der Waals surface area contributed by atoms with Gasteiger partial charge in [-0.2, -0.15) is 0 Å². The van der Waals surface area contributed by atoms with Crippen LogP contribution in [-0.2, 0) is 14.6 Å². The van der Waals surface area contributed by atoms with E-state index in [4.69, 9.17) is 9.47 Å². The summed E-state index contributed by atoms with van der Waals surface area (Å²) in [5.41, 5.74) is 1.11. The maximum Gasteiger partial charge on any atom is 0.262 e. The number of ketones is 1. The first-order valence-electron chi connectivity index (χ1n) is 8.73. The molecule has 8 heteroatoms. The smallest absolute Gasteiger partial charge is 0.262 e. The van der Waals surface area contributed by atoms with Crippen molar-refractivity contribution in [1.82, 2.24) is 0 Å². The number of carbonyl (C=O) groups excluding carboxylic acids is 2. The number of nitrogens with one attached hydrogen (secondary N) is 1. The van der Waals surface area contributed by atoms with Crippen LogP contribution in [0.5, 0.6) is 11.5 Å². The van der Waals surface area contributed by atoms with Crippen LogP contribution in [0.3, 0.4) is 0 Å². The average molecular weight is 405 g/mol. The van der Waals surface area contributed by atoms with Crippen molar-refractivity contribution in [2.75, 3.05) is 30.5 Å². The van der Waals surface area contributed by atoms with E-state index in [1.165, 1.54) is 0 Å². The Labute approximate surface area is 164 Å². The number of amides is 1. The van der Waals surface area contributed by atoms with Crippen molar-refractivity contribution < 1.29 is 27.5 Å². The fourth-order valence-corrected chi connectivity index (χ4v) is 2.65. The van der Waals surface area contributed by atoms with E-state index in [1.807, 2.05) is 0 Å². The van der Waals surface area contributed by atoms with Gasteiger partial charge in [-0.25, -0.2) is 8.42 Å². The van der Waals surface area contributed by atoms with Crippen molar-refractivity contribution in [1.29, 1.82) is 0 Å². The monoisotopic (exact) mass is 405 g/mol. The van der Waals surface area contributed by atoms with Crippen LogP contribution >= 0.6 is 0 Å². The zero-order valence-electron chi connectivity index (χ0n) is 15.8. The van der Waals surface area contributed by atoms with Crippen molar-refractivity contribution in [2.24, 2.45) is 0 Å². The topological polar surface area (TPSA) is 98.8 Å². The molecule has 0 aliphatic heterocycles. The zero-order valence-corrected chi connectivity index (χ0v) is 16.6. The first-order valence-corrected chi connectivity index (χ1v) is 10.8. The highest BCUT2D eigenvalue weighted by Gasteiger charge is 2.07. The van der Waals surface area contributed by atoms with Gasteiger partial charge in [-0.05, 0) is 36.4 Å². The lowest BCUT2D eigenvalue weighted by Crippen LogP contribution is -2.20. The summed E-state index contributed by atoms with van der Waals surface area (Å²) >= 11 is 0. The summed E-state index contributed by atoms with van der Waals surface area (Å²) in [7, 11) is -3.10. The lowest BCUT2D eigenvalue weighted by Gasteiger charge is -2.10. The van der Waals surface area contributed by atoms with Crippen LogP contribution in [0.25, 0.3) is 0 Å². The normalized spacial score (nSPS) is 10.9. The van der Waals surface area contributed by atoms with Gasteiger partial charge in [-0.1, -0.05) is 13.0 Å². The van der Waals surface area contributed by atoms with Gasteiger partial charge in [-0.15, -0.1) is 0 Å². The van der Waals surface area contributed by atoms with Gasteiger partial charge in [0.1, 0.15) is 18.1 Å². The summed E-state index contributed by atoms with van der Waals surface area (Å²) in [6.07, 6.45) is 1.57. The van der Waals surface area contributed by atoms with Crippen molar-refractivity contribution in [3.05, 3.63) is 54.1 Å². The number of rotatable bonds is 10. The van der Waals surface area contributed by atoms with E-state index in [9.17, 15) is 18.0 Å². The third-order valence-corrected chi connectivity index (χ3v) is 4.62. The van der Waals surface area contributed by atoms with E-state index in [2.05, 4.69) is 5.32 Å². The molecule has 0 heterocycles. The molecule has 0 saturated carbocycles. The average Bonchev–Trinajstić information content (AvgIpc) is 2.65. The number of anilines is 1. The second-order valence-corrected chi connectivity index (χ2v) is 8.40. The van der Waals surface area contributed by atoms with Gasteiger partial charge >= 0.3 is 0 Å². The predicted octanol–water partition coefficient (Wildman–Crippen LogP) is 2.72. The maximum absolute atomic E-state index is 12.1. The molecule has 2 aromatic carbocycles. The molecule has 2 rings (SSSR count). The molecule has 2 aromatic rings. The van der Waals surface area contributed by atoms with Crippen molar-refractivity contribution in [2.45, 2.75) is 13.3 Å². The molecule has 0 spiro atoms. The van der Waals surface area contributed by atoms with Gasteiger partial charge in [0.2, 0.25) is 0 Å². The Kier molecular flexibility index (Phi) is 7.57. The third kappa shape index (κ3) is 7.40. The van der Waals surface area contributed by atoms with Crippen LogP contribution < -0.4 is 14.8 Å². The molecule has 0 unspecified atom stereocenters. The van der Waals surface area contributed by atoms with Crippen LogP contribution in [0.4, 0.5) is 5.69 Å². The van der Waals surface area contributed by atoms with Gasteiger partial charge in [0, 0.05) is 30.0 Å². The molecule has 0 atom stereocenters. The van der Waals surface area contributed by atoms with Crippen LogP contribution in [-0.4, -0.2) is 45.3 Å². The van der Waals surface area contributed by atoms with E-state index in [1.54, 1.807) is 55.5 Å². The summed E-state index contributed by atoms with van der Waals surface area (Å²) in [5.74, 6) is 0.546. The van der Waals surface area contributed by atoms with Crippen molar-refractivity contribution in [3.63, 3.8) is 0 Å². The summed E-state index contributed by atoms with van der Waals surface area (Å²) < 4.78 is 33.0. The Bertz CT molecular complexity index is 922. The van der Waals surface area contributed by atoms with Crippen molar-refractivity contribution >= 4 is 27.2 Å². The molecule has 1 amide bonds.